The van der Waals surface area contributed by atoms with E-state index in [1.54, 1.807) is 0 Å². The monoisotopic (exact) mass is 247 g/mol. The van der Waals surface area contributed by atoms with Crippen LogP contribution in [0.1, 0.15) is 38.3 Å². The van der Waals surface area contributed by atoms with E-state index >= 15 is 0 Å². The Kier molecular flexibility index (Phi) is 3.96. The van der Waals surface area contributed by atoms with Crippen LogP contribution in [0.2, 0.25) is 0 Å². The summed E-state index contributed by atoms with van der Waals surface area (Å²) in [5, 5.41) is 3.38. The van der Waals surface area contributed by atoms with Gasteiger partial charge in [0.25, 0.3) is 0 Å². The summed E-state index contributed by atoms with van der Waals surface area (Å²) in [6.45, 7) is 11.9. The molecule has 2 heteroatoms. The van der Waals surface area contributed by atoms with E-state index < -0.39 is 0 Å². The van der Waals surface area contributed by atoms with Gasteiger partial charge in [-0.25, -0.2) is 0 Å². The van der Waals surface area contributed by atoms with Crippen LogP contribution in [0.4, 0.5) is 0 Å². The van der Waals surface area contributed by atoms with Gasteiger partial charge in [-0.15, -0.1) is 0 Å². The van der Waals surface area contributed by atoms with Gasteiger partial charge in [-0.3, -0.25) is 0 Å². The summed E-state index contributed by atoms with van der Waals surface area (Å²) < 4.78 is 6.06. The molecule has 0 saturated carbocycles. The van der Waals surface area contributed by atoms with Crippen LogP contribution in [0, 0.1) is 12.8 Å². The molecule has 1 aromatic carbocycles. The molecule has 1 N–H and O–H groups in total. The molecule has 0 unspecified atom stereocenters. The topological polar surface area (TPSA) is 21.3 Å². The van der Waals surface area contributed by atoms with Crippen molar-refractivity contribution in [1.82, 2.24) is 5.32 Å². The maximum absolute atomic E-state index is 6.06. The predicted molar refractivity (Wildman–Crippen MR) is 76.4 cm³/mol. The first kappa shape index (κ1) is 13.4. The van der Waals surface area contributed by atoms with E-state index in [1.165, 1.54) is 17.5 Å². The highest BCUT2D eigenvalue weighted by Gasteiger charge is 2.21. The van der Waals surface area contributed by atoms with Crippen molar-refractivity contribution >= 4 is 0 Å². The highest BCUT2D eigenvalue weighted by molar-refractivity contribution is 5.41. The maximum Gasteiger partial charge on any atom is 0.123 e. The van der Waals surface area contributed by atoms with Crippen molar-refractivity contribution in [1.29, 1.82) is 0 Å². The third kappa shape index (κ3) is 3.26. The molecule has 2 nitrogen and oxygen atoms in total. The van der Waals surface area contributed by atoms with Crippen molar-refractivity contribution in [2.75, 3.05) is 19.7 Å². The Labute approximate surface area is 111 Å². The second kappa shape index (κ2) is 5.31. The molecule has 1 atom stereocenters. The lowest BCUT2D eigenvalue weighted by Gasteiger charge is -2.24. The number of rotatable bonds is 3. The fourth-order valence-corrected chi connectivity index (χ4v) is 2.42. The molecule has 2 rings (SSSR count). The number of benzene rings is 1. The SMILES string of the molecule is Cc1ccc(OC[C@H]2CCNC2)c(C(C)(C)C)c1. The molecular weight excluding hydrogens is 222 g/mol. The summed E-state index contributed by atoms with van der Waals surface area (Å²) in [5.74, 6) is 1.72. The van der Waals surface area contributed by atoms with Crippen LogP contribution in [-0.4, -0.2) is 19.7 Å². The van der Waals surface area contributed by atoms with E-state index in [0.717, 1.165) is 25.4 Å². The van der Waals surface area contributed by atoms with Gasteiger partial charge in [0, 0.05) is 12.5 Å². The van der Waals surface area contributed by atoms with Crippen LogP contribution in [0.15, 0.2) is 18.2 Å². The van der Waals surface area contributed by atoms with Crippen LogP contribution in [0.3, 0.4) is 0 Å². The highest BCUT2D eigenvalue weighted by Crippen LogP contribution is 2.32. The number of nitrogens with one attached hydrogen (secondary N) is 1. The zero-order valence-electron chi connectivity index (χ0n) is 12.0. The third-order valence-electron chi connectivity index (χ3n) is 3.58. The van der Waals surface area contributed by atoms with Gasteiger partial charge >= 0.3 is 0 Å². The van der Waals surface area contributed by atoms with Crippen LogP contribution >= 0.6 is 0 Å². The molecule has 18 heavy (non-hydrogen) atoms. The molecule has 0 radical (unpaired) electrons. The standard InChI is InChI=1S/C16H25NO/c1-12-5-6-15(14(9-12)16(2,3)4)18-11-13-7-8-17-10-13/h5-6,9,13,17H,7-8,10-11H2,1-4H3/t13-/m0/s1. The van der Waals surface area contributed by atoms with Gasteiger partial charge in [0.15, 0.2) is 0 Å². The fraction of sp³-hybridized carbons (Fsp3) is 0.625. The van der Waals surface area contributed by atoms with Gasteiger partial charge in [-0.1, -0.05) is 38.5 Å². The van der Waals surface area contributed by atoms with Crippen molar-refractivity contribution < 1.29 is 4.74 Å². The Bertz CT molecular complexity index is 400. The third-order valence-corrected chi connectivity index (χ3v) is 3.58. The van der Waals surface area contributed by atoms with E-state index in [2.05, 4.69) is 51.2 Å². The van der Waals surface area contributed by atoms with Gasteiger partial charge in [-0.2, -0.15) is 0 Å². The Balaban J connectivity index is 2.11. The smallest absolute Gasteiger partial charge is 0.123 e. The van der Waals surface area contributed by atoms with Gasteiger partial charge in [-0.05, 0) is 36.9 Å². The van der Waals surface area contributed by atoms with E-state index in [1.807, 2.05) is 0 Å². The minimum atomic E-state index is 0.134. The first-order valence-corrected chi connectivity index (χ1v) is 6.91. The molecule has 0 spiro atoms. The second-order valence-electron chi connectivity index (χ2n) is 6.42. The molecule has 1 aliphatic rings. The van der Waals surface area contributed by atoms with Gasteiger partial charge in [0.2, 0.25) is 0 Å². The molecule has 1 aromatic rings. The molecule has 0 bridgehead atoms. The van der Waals surface area contributed by atoms with E-state index in [0.29, 0.717) is 5.92 Å². The lowest BCUT2D eigenvalue weighted by molar-refractivity contribution is 0.254. The molecule has 0 aromatic heterocycles. The molecule has 1 fully saturated rings. The number of aryl methyl sites for hydroxylation is 1. The molecule has 100 valence electrons. The van der Waals surface area contributed by atoms with E-state index in [4.69, 9.17) is 4.74 Å². The lowest BCUT2D eigenvalue weighted by Crippen LogP contribution is -2.18. The molecule has 1 saturated heterocycles. The number of ether oxygens (including phenoxy) is 1. The first-order valence-electron chi connectivity index (χ1n) is 6.91. The average Bonchev–Trinajstić information content (AvgIpc) is 2.79. The summed E-state index contributed by atoms with van der Waals surface area (Å²) in [6, 6.07) is 6.51. The Morgan fingerprint density at radius 2 is 2.11 bits per heavy atom. The average molecular weight is 247 g/mol. The molecule has 0 aliphatic carbocycles. The molecule has 1 heterocycles. The van der Waals surface area contributed by atoms with Crippen molar-refractivity contribution in [3.63, 3.8) is 0 Å². The number of hydrogen-bond donors (Lipinski definition) is 1. The lowest BCUT2D eigenvalue weighted by atomic mass is 9.85. The maximum atomic E-state index is 6.06. The minimum absolute atomic E-state index is 0.134. The Hall–Kier alpha value is -1.02. The Morgan fingerprint density at radius 1 is 1.33 bits per heavy atom. The summed E-state index contributed by atoms with van der Waals surface area (Å²) in [5.41, 5.74) is 2.75. The van der Waals surface area contributed by atoms with Crippen molar-refractivity contribution in [2.24, 2.45) is 5.92 Å². The van der Waals surface area contributed by atoms with Crippen molar-refractivity contribution in [3.8, 4) is 5.75 Å². The summed E-state index contributed by atoms with van der Waals surface area (Å²) in [4.78, 5) is 0. The highest BCUT2D eigenvalue weighted by atomic mass is 16.5. The zero-order chi connectivity index (χ0) is 13.2. The van der Waals surface area contributed by atoms with Gasteiger partial charge in [0.1, 0.15) is 5.75 Å². The zero-order valence-corrected chi connectivity index (χ0v) is 12.0. The summed E-state index contributed by atoms with van der Waals surface area (Å²) >= 11 is 0. The van der Waals surface area contributed by atoms with Crippen molar-refractivity contribution in [2.45, 2.75) is 39.5 Å². The van der Waals surface area contributed by atoms with Crippen LogP contribution in [0.25, 0.3) is 0 Å². The van der Waals surface area contributed by atoms with Crippen LogP contribution in [-0.2, 0) is 5.41 Å². The second-order valence-corrected chi connectivity index (χ2v) is 6.42. The predicted octanol–water partition coefficient (Wildman–Crippen LogP) is 3.28. The fourth-order valence-electron chi connectivity index (χ4n) is 2.42. The van der Waals surface area contributed by atoms with Crippen LogP contribution < -0.4 is 10.1 Å². The Morgan fingerprint density at radius 3 is 2.72 bits per heavy atom. The van der Waals surface area contributed by atoms with Crippen LogP contribution in [0.5, 0.6) is 5.75 Å². The summed E-state index contributed by atoms with van der Waals surface area (Å²) in [6.07, 6.45) is 1.23. The quantitative estimate of drug-likeness (QED) is 0.885. The van der Waals surface area contributed by atoms with E-state index in [-0.39, 0.29) is 5.41 Å². The van der Waals surface area contributed by atoms with Crippen molar-refractivity contribution in [3.05, 3.63) is 29.3 Å². The normalized spacial score (nSPS) is 20.1. The molecular formula is C16H25NO. The molecule has 0 amide bonds. The minimum Gasteiger partial charge on any atom is -0.493 e. The van der Waals surface area contributed by atoms with Gasteiger partial charge in [0.05, 0.1) is 6.61 Å². The largest absolute Gasteiger partial charge is 0.493 e. The van der Waals surface area contributed by atoms with Gasteiger partial charge < -0.3 is 10.1 Å². The molecule has 1 aliphatic heterocycles. The van der Waals surface area contributed by atoms with E-state index in [9.17, 15) is 0 Å². The first-order chi connectivity index (χ1) is 8.47. The number of hydrogen-bond acceptors (Lipinski definition) is 2. The summed E-state index contributed by atoms with van der Waals surface area (Å²) in [7, 11) is 0.